The fraction of sp³-hybridized carbons (Fsp3) is 0.350. The number of carbonyl (C=O) groups is 1. The van der Waals surface area contributed by atoms with Gasteiger partial charge in [0.2, 0.25) is 0 Å². The van der Waals surface area contributed by atoms with Crippen LogP contribution < -0.4 is 5.73 Å². The van der Waals surface area contributed by atoms with E-state index in [9.17, 15) is 4.79 Å². The molecule has 1 aliphatic heterocycles. The van der Waals surface area contributed by atoms with Gasteiger partial charge >= 0.3 is 0 Å². The lowest BCUT2D eigenvalue weighted by atomic mass is 10.1. The predicted molar refractivity (Wildman–Crippen MR) is 115 cm³/mol. The summed E-state index contributed by atoms with van der Waals surface area (Å²) >= 11 is 0. The molecule has 8 heteroatoms. The number of fused-ring (bicyclic) bond motifs is 1. The van der Waals surface area contributed by atoms with Gasteiger partial charge in [-0.2, -0.15) is 5.10 Å². The Hall–Kier alpha value is -2.15. The molecule has 3 heterocycles. The molecule has 0 bridgehead atoms. The first-order valence-electron chi connectivity index (χ1n) is 9.02. The van der Waals surface area contributed by atoms with Crippen molar-refractivity contribution in [3.05, 3.63) is 59.9 Å². The highest BCUT2D eigenvalue weighted by atomic mass is 35.5. The van der Waals surface area contributed by atoms with Crippen molar-refractivity contribution in [1.29, 1.82) is 0 Å². The summed E-state index contributed by atoms with van der Waals surface area (Å²) in [5, 5.41) is 5.32. The Morgan fingerprint density at radius 1 is 1.21 bits per heavy atom. The standard InChI is InChI=1S/C20H23N5O.2ClH/c1-14-7-16(9-21)12-24(14)20(26)18-8-17-11-23-25(19(17)22-10-18)13-15-5-3-2-4-6-15;;/h2-6,8,10-11,14,16H,7,9,12-13,21H2,1H3;2*1H. The van der Waals surface area contributed by atoms with E-state index in [1.807, 2.05) is 33.8 Å². The van der Waals surface area contributed by atoms with Crippen molar-refractivity contribution in [3.8, 4) is 0 Å². The molecule has 150 valence electrons. The summed E-state index contributed by atoms with van der Waals surface area (Å²) < 4.78 is 1.86. The lowest BCUT2D eigenvalue weighted by Gasteiger charge is -2.21. The van der Waals surface area contributed by atoms with Crippen LogP contribution in [-0.2, 0) is 6.54 Å². The number of benzene rings is 1. The first-order chi connectivity index (χ1) is 12.7. The lowest BCUT2D eigenvalue weighted by Crippen LogP contribution is -2.34. The Bertz CT molecular complexity index is 931. The molecule has 3 aromatic rings. The Labute approximate surface area is 176 Å². The number of aromatic nitrogens is 3. The first-order valence-corrected chi connectivity index (χ1v) is 9.02. The minimum absolute atomic E-state index is 0. The highest BCUT2D eigenvalue weighted by Gasteiger charge is 2.32. The molecule has 1 saturated heterocycles. The number of likely N-dealkylation sites (tertiary alicyclic amines) is 1. The van der Waals surface area contributed by atoms with Crippen LogP contribution in [-0.4, -0.2) is 44.7 Å². The van der Waals surface area contributed by atoms with Crippen molar-refractivity contribution in [2.24, 2.45) is 11.7 Å². The van der Waals surface area contributed by atoms with Crippen molar-refractivity contribution in [2.75, 3.05) is 13.1 Å². The molecular weight excluding hydrogens is 397 g/mol. The second-order valence-corrected chi connectivity index (χ2v) is 7.07. The molecule has 1 aromatic carbocycles. The Kier molecular flexibility index (Phi) is 7.41. The summed E-state index contributed by atoms with van der Waals surface area (Å²) in [5.41, 5.74) is 8.34. The fourth-order valence-electron chi connectivity index (χ4n) is 3.72. The molecule has 0 radical (unpaired) electrons. The number of rotatable bonds is 4. The van der Waals surface area contributed by atoms with Crippen LogP contribution in [0.1, 0.15) is 29.3 Å². The number of pyridine rings is 1. The maximum atomic E-state index is 12.9. The topological polar surface area (TPSA) is 77.0 Å². The van der Waals surface area contributed by atoms with Gasteiger partial charge in [0.1, 0.15) is 0 Å². The Balaban J connectivity index is 0.00000140. The average molecular weight is 422 g/mol. The van der Waals surface area contributed by atoms with Gasteiger partial charge in [0, 0.05) is 24.2 Å². The molecular formula is C20H25Cl2N5O. The minimum atomic E-state index is 0. The summed E-state index contributed by atoms with van der Waals surface area (Å²) in [6, 6.07) is 12.3. The maximum Gasteiger partial charge on any atom is 0.255 e. The highest BCUT2D eigenvalue weighted by Crippen LogP contribution is 2.25. The van der Waals surface area contributed by atoms with Gasteiger partial charge in [-0.3, -0.25) is 4.79 Å². The highest BCUT2D eigenvalue weighted by molar-refractivity contribution is 5.97. The number of nitrogens with two attached hydrogens (primary N) is 1. The summed E-state index contributed by atoms with van der Waals surface area (Å²) in [4.78, 5) is 19.3. The van der Waals surface area contributed by atoms with E-state index in [0.29, 0.717) is 24.6 Å². The molecule has 6 nitrogen and oxygen atoms in total. The van der Waals surface area contributed by atoms with Crippen molar-refractivity contribution in [3.63, 3.8) is 0 Å². The minimum Gasteiger partial charge on any atom is -0.336 e. The van der Waals surface area contributed by atoms with Gasteiger partial charge in [-0.15, -0.1) is 24.8 Å². The number of carbonyl (C=O) groups excluding carboxylic acids is 1. The van der Waals surface area contributed by atoms with Crippen LogP contribution in [0.15, 0.2) is 48.8 Å². The van der Waals surface area contributed by atoms with Gasteiger partial charge < -0.3 is 10.6 Å². The third kappa shape index (κ3) is 4.29. The molecule has 0 saturated carbocycles. The van der Waals surface area contributed by atoms with Gasteiger partial charge in [0.05, 0.1) is 18.3 Å². The number of nitrogens with zero attached hydrogens (tertiary/aromatic N) is 4. The molecule has 2 N–H and O–H groups in total. The van der Waals surface area contributed by atoms with Crippen LogP contribution in [0, 0.1) is 5.92 Å². The zero-order chi connectivity index (χ0) is 18.1. The van der Waals surface area contributed by atoms with E-state index in [-0.39, 0.29) is 36.8 Å². The maximum absolute atomic E-state index is 12.9. The number of hydrogen-bond acceptors (Lipinski definition) is 4. The van der Waals surface area contributed by atoms with Crippen LogP contribution >= 0.6 is 24.8 Å². The summed E-state index contributed by atoms with van der Waals surface area (Å²) in [6.45, 7) is 4.09. The third-order valence-electron chi connectivity index (χ3n) is 5.15. The van der Waals surface area contributed by atoms with Gasteiger partial charge in [-0.05, 0) is 37.4 Å². The number of hydrogen-bond donors (Lipinski definition) is 1. The van der Waals surface area contributed by atoms with Crippen LogP contribution in [0.3, 0.4) is 0 Å². The predicted octanol–water partition coefficient (Wildman–Crippen LogP) is 3.13. The van der Waals surface area contributed by atoms with E-state index >= 15 is 0 Å². The summed E-state index contributed by atoms with van der Waals surface area (Å²) in [5.74, 6) is 0.415. The SMILES string of the molecule is CC1CC(CN)CN1C(=O)c1cnc2c(cnn2Cc2ccccc2)c1.Cl.Cl. The largest absolute Gasteiger partial charge is 0.336 e. The second-order valence-electron chi connectivity index (χ2n) is 7.07. The normalized spacial score (nSPS) is 18.6. The average Bonchev–Trinajstić information content (AvgIpc) is 3.25. The van der Waals surface area contributed by atoms with Crippen LogP contribution in [0.5, 0.6) is 0 Å². The van der Waals surface area contributed by atoms with Crippen molar-refractivity contribution in [2.45, 2.75) is 25.9 Å². The van der Waals surface area contributed by atoms with Gasteiger partial charge in [-0.25, -0.2) is 9.67 Å². The van der Waals surface area contributed by atoms with Crippen LogP contribution in [0.2, 0.25) is 0 Å². The van der Waals surface area contributed by atoms with Gasteiger partial charge in [-0.1, -0.05) is 30.3 Å². The smallest absolute Gasteiger partial charge is 0.255 e. The van der Waals surface area contributed by atoms with E-state index in [4.69, 9.17) is 5.73 Å². The second kappa shape index (κ2) is 9.37. The Morgan fingerprint density at radius 3 is 2.64 bits per heavy atom. The molecule has 2 aromatic heterocycles. The van der Waals surface area contributed by atoms with Crippen LogP contribution in [0.25, 0.3) is 11.0 Å². The van der Waals surface area contributed by atoms with Crippen molar-refractivity contribution < 1.29 is 4.79 Å². The van der Waals surface area contributed by atoms with E-state index < -0.39 is 0 Å². The summed E-state index contributed by atoms with van der Waals surface area (Å²) in [7, 11) is 0. The Morgan fingerprint density at radius 2 is 1.96 bits per heavy atom. The molecule has 28 heavy (non-hydrogen) atoms. The molecule has 2 unspecified atom stereocenters. The monoisotopic (exact) mass is 421 g/mol. The molecule has 0 aliphatic carbocycles. The molecule has 4 rings (SSSR count). The fourth-order valence-corrected chi connectivity index (χ4v) is 3.72. The van der Waals surface area contributed by atoms with Crippen LogP contribution in [0.4, 0.5) is 0 Å². The molecule has 2 atom stereocenters. The van der Waals surface area contributed by atoms with Crippen molar-refractivity contribution >= 4 is 41.8 Å². The third-order valence-corrected chi connectivity index (χ3v) is 5.15. The van der Waals surface area contributed by atoms with E-state index in [0.717, 1.165) is 29.6 Å². The van der Waals surface area contributed by atoms with Crippen molar-refractivity contribution in [1.82, 2.24) is 19.7 Å². The zero-order valence-electron chi connectivity index (χ0n) is 15.7. The number of halogens is 2. The molecule has 1 amide bonds. The first kappa shape index (κ1) is 22.1. The number of amides is 1. The van der Waals surface area contributed by atoms with E-state index in [1.165, 1.54) is 0 Å². The summed E-state index contributed by atoms with van der Waals surface area (Å²) in [6.07, 6.45) is 4.40. The lowest BCUT2D eigenvalue weighted by molar-refractivity contribution is 0.0743. The van der Waals surface area contributed by atoms with Gasteiger partial charge in [0.25, 0.3) is 5.91 Å². The van der Waals surface area contributed by atoms with Gasteiger partial charge in [0.15, 0.2) is 5.65 Å². The van der Waals surface area contributed by atoms with E-state index in [2.05, 4.69) is 29.1 Å². The van der Waals surface area contributed by atoms with E-state index in [1.54, 1.807) is 12.4 Å². The molecule has 0 spiro atoms. The quantitative estimate of drug-likeness (QED) is 0.701. The molecule has 1 fully saturated rings. The zero-order valence-corrected chi connectivity index (χ0v) is 17.3. The molecule has 1 aliphatic rings.